The van der Waals surface area contributed by atoms with Crippen LogP contribution >= 0.6 is 0 Å². The molecule has 1 fully saturated rings. The lowest BCUT2D eigenvalue weighted by molar-refractivity contribution is -0.137. The summed E-state index contributed by atoms with van der Waals surface area (Å²) in [6, 6.07) is 2.54. The average Bonchev–Trinajstić information content (AvgIpc) is 2.81. The Bertz CT molecular complexity index is 478. The maximum atomic E-state index is 13.8. The zero-order chi connectivity index (χ0) is 13.8. The van der Waals surface area contributed by atoms with Crippen molar-refractivity contribution in [2.75, 3.05) is 6.54 Å². The second-order valence-corrected chi connectivity index (χ2v) is 5.54. The summed E-state index contributed by atoms with van der Waals surface area (Å²) < 4.78 is 51.8. The molecule has 0 bridgehead atoms. The van der Waals surface area contributed by atoms with Crippen molar-refractivity contribution in [3.05, 3.63) is 35.1 Å². The van der Waals surface area contributed by atoms with Crippen LogP contribution < -0.4 is 5.73 Å². The van der Waals surface area contributed by atoms with Crippen molar-refractivity contribution in [1.82, 2.24) is 0 Å². The molecule has 0 amide bonds. The summed E-state index contributed by atoms with van der Waals surface area (Å²) >= 11 is 0. The Hall–Kier alpha value is -1.10. The van der Waals surface area contributed by atoms with Crippen molar-refractivity contribution in [1.29, 1.82) is 0 Å². The van der Waals surface area contributed by atoms with Crippen molar-refractivity contribution in [2.45, 2.75) is 31.9 Å². The van der Waals surface area contributed by atoms with Gasteiger partial charge in [-0.1, -0.05) is 13.8 Å². The van der Waals surface area contributed by atoms with Crippen LogP contribution in [0.1, 0.15) is 31.4 Å². The molecule has 1 aliphatic rings. The van der Waals surface area contributed by atoms with E-state index in [1.165, 1.54) is 0 Å². The molecule has 2 rings (SSSR count). The van der Waals surface area contributed by atoms with Gasteiger partial charge >= 0.3 is 6.18 Å². The number of hydrogen-bond acceptors (Lipinski definition) is 1. The first-order valence-corrected chi connectivity index (χ1v) is 5.71. The molecule has 1 atom stereocenters. The quantitative estimate of drug-likeness (QED) is 0.810. The van der Waals surface area contributed by atoms with Crippen LogP contribution in [0.15, 0.2) is 18.2 Å². The summed E-state index contributed by atoms with van der Waals surface area (Å²) in [5, 5.41) is 0. The Morgan fingerprint density at radius 3 is 2.22 bits per heavy atom. The standard InChI is InChI=1S/C13H15F4N/c1-11(2)6-12(11,7-18)9-5-8(13(15,16)17)3-4-10(9)14/h3-5H,6-7,18H2,1-2H3. The molecule has 1 aliphatic carbocycles. The highest BCUT2D eigenvalue weighted by atomic mass is 19.4. The van der Waals surface area contributed by atoms with E-state index in [1.807, 2.05) is 13.8 Å². The molecule has 0 aromatic heterocycles. The van der Waals surface area contributed by atoms with Gasteiger partial charge in [0.05, 0.1) is 5.56 Å². The topological polar surface area (TPSA) is 26.0 Å². The van der Waals surface area contributed by atoms with Gasteiger partial charge < -0.3 is 5.73 Å². The highest BCUT2D eigenvalue weighted by molar-refractivity contribution is 5.41. The van der Waals surface area contributed by atoms with E-state index in [-0.39, 0.29) is 17.5 Å². The van der Waals surface area contributed by atoms with E-state index in [9.17, 15) is 17.6 Å². The molecule has 5 heteroatoms. The molecule has 1 nitrogen and oxygen atoms in total. The smallest absolute Gasteiger partial charge is 0.330 e. The van der Waals surface area contributed by atoms with Crippen LogP contribution in [0.4, 0.5) is 17.6 Å². The van der Waals surface area contributed by atoms with Crippen molar-refractivity contribution in [3.8, 4) is 0 Å². The van der Waals surface area contributed by atoms with Gasteiger partial charge in [-0.3, -0.25) is 0 Å². The van der Waals surface area contributed by atoms with E-state index in [1.54, 1.807) is 0 Å². The summed E-state index contributed by atoms with van der Waals surface area (Å²) in [5.41, 5.74) is 3.99. The molecule has 0 radical (unpaired) electrons. The van der Waals surface area contributed by atoms with Gasteiger partial charge in [-0.2, -0.15) is 13.2 Å². The Labute approximate surface area is 103 Å². The largest absolute Gasteiger partial charge is 0.416 e. The van der Waals surface area contributed by atoms with Crippen molar-refractivity contribution in [2.24, 2.45) is 11.1 Å². The van der Waals surface area contributed by atoms with Gasteiger partial charge in [-0.05, 0) is 35.6 Å². The Morgan fingerprint density at radius 1 is 1.28 bits per heavy atom. The zero-order valence-electron chi connectivity index (χ0n) is 10.2. The fourth-order valence-corrected chi connectivity index (χ4v) is 2.70. The number of benzene rings is 1. The summed E-state index contributed by atoms with van der Waals surface area (Å²) in [7, 11) is 0. The van der Waals surface area contributed by atoms with E-state index in [0.29, 0.717) is 6.42 Å². The fourth-order valence-electron chi connectivity index (χ4n) is 2.70. The number of hydrogen-bond donors (Lipinski definition) is 1. The molecule has 0 heterocycles. The first-order valence-electron chi connectivity index (χ1n) is 5.71. The SMILES string of the molecule is CC1(C)CC1(CN)c1cc(C(F)(F)F)ccc1F. The molecule has 18 heavy (non-hydrogen) atoms. The second kappa shape index (κ2) is 3.70. The zero-order valence-corrected chi connectivity index (χ0v) is 10.2. The molecule has 1 unspecified atom stereocenters. The van der Waals surface area contributed by atoms with Gasteiger partial charge in [0, 0.05) is 12.0 Å². The normalized spacial score (nSPS) is 26.2. The van der Waals surface area contributed by atoms with Crippen molar-refractivity contribution < 1.29 is 17.6 Å². The third-order valence-corrected chi connectivity index (χ3v) is 4.07. The van der Waals surface area contributed by atoms with Crippen LogP contribution in [0.3, 0.4) is 0 Å². The fraction of sp³-hybridized carbons (Fsp3) is 0.538. The minimum atomic E-state index is -4.46. The van der Waals surface area contributed by atoms with Gasteiger partial charge in [0.2, 0.25) is 0 Å². The Kier molecular flexibility index (Phi) is 2.74. The van der Waals surface area contributed by atoms with Gasteiger partial charge in [0.25, 0.3) is 0 Å². The maximum Gasteiger partial charge on any atom is 0.416 e. The molecule has 1 aromatic carbocycles. The van der Waals surface area contributed by atoms with Crippen LogP contribution in [-0.2, 0) is 11.6 Å². The average molecular weight is 261 g/mol. The van der Waals surface area contributed by atoms with E-state index in [4.69, 9.17) is 5.73 Å². The first kappa shape index (κ1) is 13.3. The predicted molar refractivity (Wildman–Crippen MR) is 60.5 cm³/mol. The second-order valence-electron chi connectivity index (χ2n) is 5.54. The lowest BCUT2D eigenvalue weighted by Gasteiger charge is -2.21. The van der Waals surface area contributed by atoms with E-state index in [0.717, 1.165) is 18.2 Å². The van der Waals surface area contributed by atoms with Crippen LogP contribution in [0.25, 0.3) is 0 Å². The third kappa shape index (κ3) is 1.81. The highest BCUT2D eigenvalue weighted by Gasteiger charge is 2.62. The number of rotatable bonds is 2. The van der Waals surface area contributed by atoms with Gasteiger partial charge in [-0.15, -0.1) is 0 Å². The van der Waals surface area contributed by atoms with Crippen LogP contribution in [0, 0.1) is 11.2 Å². The summed E-state index contributed by atoms with van der Waals surface area (Å²) in [5.74, 6) is -0.612. The van der Waals surface area contributed by atoms with Gasteiger partial charge in [0.15, 0.2) is 0 Å². The van der Waals surface area contributed by atoms with E-state index >= 15 is 0 Å². The number of nitrogens with two attached hydrogens (primary N) is 1. The summed E-state index contributed by atoms with van der Waals surface area (Å²) in [6.45, 7) is 3.93. The molecule has 1 saturated carbocycles. The molecule has 2 N–H and O–H groups in total. The molecular weight excluding hydrogens is 246 g/mol. The van der Waals surface area contributed by atoms with Crippen LogP contribution in [0.2, 0.25) is 0 Å². The van der Waals surface area contributed by atoms with Crippen molar-refractivity contribution >= 4 is 0 Å². The molecule has 0 spiro atoms. The Balaban J connectivity index is 2.52. The van der Waals surface area contributed by atoms with Gasteiger partial charge in [0.1, 0.15) is 5.82 Å². The van der Waals surface area contributed by atoms with E-state index in [2.05, 4.69) is 0 Å². The molecule has 0 aliphatic heterocycles. The van der Waals surface area contributed by atoms with Gasteiger partial charge in [-0.25, -0.2) is 4.39 Å². The van der Waals surface area contributed by atoms with E-state index < -0.39 is 23.0 Å². The molecule has 100 valence electrons. The molecule has 0 saturated heterocycles. The van der Waals surface area contributed by atoms with Crippen LogP contribution in [-0.4, -0.2) is 6.54 Å². The third-order valence-electron chi connectivity index (χ3n) is 4.07. The monoisotopic (exact) mass is 261 g/mol. The minimum Gasteiger partial charge on any atom is -0.330 e. The van der Waals surface area contributed by atoms with Crippen molar-refractivity contribution in [3.63, 3.8) is 0 Å². The molecular formula is C13H15F4N. The Morgan fingerprint density at radius 2 is 1.83 bits per heavy atom. The lowest BCUT2D eigenvalue weighted by Crippen LogP contribution is -2.27. The predicted octanol–water partition coefficient (Wildman–Crippen LogP) is 3.47. The minimum absolute atomic E-state index is 0.0878. The lowest BCUT2D eigenvalue weighted by atomic mass is 9.86. The number of halogens is 4. The highest BCUT2D eigenvalue weighted by Crippen LogP contribution is 2.64. The summed E-state index contributed by atoms with van der Waals surface area (Å²) in [6.07, 6.45) is -3.86. The first-order chi connectivity index (χ1) is 8.14. The molecule has 1 aromatic rings. The van der Waals surface area contributed by atoms with Crippen LogP contribution in [0.5, 0.6) is 0 Å². The number of alkyl halides is 3. The maximum absolute atomic E-state index is 13.8. The summed E-state index contributed by atoms with van der Waals surface area (Å²) in [4.78, 5) is 0.